The summed E-state index contributed by atoms with van der Waals surface area (Å²) in [6, 6.07) is 14.2. The van der Waals surface area contributed by atoms with Crippen molar-refractivity contribution in [2.75, 3.05) is 0 Å². The molecular formula is C17H19N3. The van der Waals surface area contributed by atoms with Crippen molar-refractivity contribution in [1.29, 1.82) is 5.26 Å². The lowest BCUT2D eigenvalue weighted by Gasteiger charge is -2.15. The fraction of sp³-hybridized carbons (Fsp3) is 0.294. The Labute approximate surface area is 120 Å². The molecule has 20 heavy (non-hydrogen) atoms. The average Bonchev–Trinajstić information content (AvgIpc) is 2.53. The Morgan fingerprint density at radius 3 is 2.65 bits per heavy atom. The van der Waals surface area contributed by atoms with Crippen molar-refractivity contribution < 1.29 is 0 Å². The van der Waals surface area contributed by atoms with Crippen LogP contribution >= 0.6 is 0 Å². The van der Waals surface area contributed by atoms with E-state index in [9.17, 15) is 0 Å². The van der Waals surface area contributed by atoms with Gasteiger partial charge >= 0.3 is 0 Å². The largest absolute Gasteiger partial charge is 0.305 e. The van der Waals surface area contributed by atoms with Gasteiger partial charge in [-0.15, -0.1) is 0 Å². The number of aryl methyl sites for hydroxylation is 1. The normalized spacial score (nSPS) is 11.8. The number of pyridine rings is 1. The Balaban J connectivity index is 2.01. The zero-order chi connectivity index (χ0) is 14.4. The zero-order valence-electron chi connectivity index (χ0n) is 11.9. The van der Waals surface area contributed by atoms with E-state index in [1.54, 1.807) is 0 Å². The number of hydrogen-bond acceptors (Lipinski definition) is 3. The van der Waals surface area contributed by atoms with Crippen LogP contribution < -0.4 is 5.32 Å². The molecule has 0 aliphatic rings. The Kier molecular flexibility index (Phi) is 4.86. The molecule has 1 heterocycles. The molecular weight excluding hydrogens is 246 g/mol. The van der Waals surface area contributed by atoms with Crippen molar-refractivity contribution in [3.8, 4) is 6.07 Å². The fourth-order valence-electron chi connectivity index (χ4n) is 2.17. The van der Waals surface area contributed by atoms with E-state index in [0.717, 1.165) is 18.7 Å². The molecule has 1 aromatic carbocycles. The second-order valence-electron chi connectivity index (χ2n) is 4.80. The Hall–Kier alpha value is -2.18. The molecule has 1 unspecified atom stereocenters. The number of rotatable bonds is 5. The Bertz CT molecular complexity index is 596. The Morgan fingerprint density at radius 1 is 1.25 bits per heavy atom. The highest BCUT2D eigenvalue weighted by Gasteiger charge is 2.07. The van der Waals surface area contributed by atoms with E-state index in [4.69, 9.17) is 5.26 Å². The average molecular weight is 265 g/mol. The second-order valence-corrected chi connectivity index (χ2v) is 4.80. The third-order valence-corrected chi connectivity index (χ3v) is 3.48. The highest BCUT2D eigenvalue weighted by Crippen LogP contribution is 2.14. The Morgan fingerprint density at radius 2 is 2.00 bits per heavy atom. The van der Waals surface area contributed by atoms with E-state index < -0.39 is 0 Å². The number of nitrogens with one attached hydrogen (secondary N) is 1. The zero-order valence-corrected chi connectivity index (χ0v) is 11.9. The number of aromatic nitrogens is 1. The maximum Gasteiger partial charge on any atom is 0.0991 e. The van der Waals surface area contributed by atoms with Crippen molar-refractivity contribution in [3.63, 3.8) is 0 Å². The first-order valence-electron chi connectivity index (χ1n) is 6.90. The van der Waals surface area contributed by atoms with Gasteiger partial charge in [0, 0.05) is 18.8 Å². The number of nitriles is 1. The van der Waals surface area contributed by atoms with Crippen molar-refractivity contribution in [1.82, 2.24) is 10.3 Å². The summed E-state index contributed by atoms with van der Waals surface area (Å²) < 4.78 is 0. The molecule has 0 spiro atoms. The predicted molar refractivity (Wildman–Crippen MR) is 80.0 cm³/mol. The standard InChI is InChI=1S/C17H19N3/c1-3-15-5-4-10-19-17(15)12-20-13(2)16-8-6-14(11-18)7-9-16/h4-10,13,20H,3,12H2,1-2H3. The molecule has 102 valence electrons. The van der Waals surface area contributed by atoms with Crippen LogP contribution in [0.15, 0.2) is 42.6 Å². The van der Waals surface area contributed by atoms with Crippen LogP contribution in [0.3, 0.4) is 0 Å². The summed E-state index contributed by atoms with van der Waals surface area (Å²) in [6.07, 6.45) is 2.83. The molecule has 3 nitrogen and oxygen atoms in total. The minimum Gasteiger partial charge on any atom is -0.305 e. The third kappa shape index (κ3) is 3.43. The molecule has 1 atom stereocenters. The van der Waals surface area contributed by atoms with Gasteiger partial charge in [0.1, 0.15) is 0 Å². The maximum absolute atomic E-state index is 8.80. The van der Waals surface area contributed by atoms with Crippen LogP contribution in [0.25, 0.3) is 0 Å². The molecule has 0 amide bonds. The molecule has 2 rings (SSSR count). The van der Waals surface area contributed by atoms with Crippen LogP contribution in [0, 0.1) is 11.3 Å². The quantitative estimate of drug-likeness (QED) is 0.901. The second kappa shape index (κ2) is 6.83. The first-order chi connectivity index (χ1) is 9.74. The van der Waals surface area contributed by atoms with Crippen molar-refractivity contribution >= 4 is 0 Å². The van der Waals surface area contributed by atoms with Crippen LogP contribution in [0.4, 0.5) is 0 Å². The van der Waals surface area contributed by atoms with Crippen LogP contribution in [0.5, 0.6) is 0 Å². The third-order valence-electron chi connectivity index (χ3n) is 3.48. The van der Waals surface area contributed by atoms with Gasteiger partial charge in [-0.25, -0.2) is 0 Å². The smallest absolute Gasteiger partial charge is 0.0991 e. The lowest BCUT2D eigenvalue weighted by Crippen LogP contribution is -2.19. The molecule has 0 saturated carbocycles. The summed E-state index contributed by atoms with van der Waals surface area (Å²) in [5, 5.41) is 12.3. The molecule has 2 aromatic rings. The highest BCUT2D eigenvalue weighted by molar-refractivity contribution is 5.32. The molecule has 0 aliphatic heterocycles. The summed E-state index contributed by atoms with van der Waals surface area (Å²) in [6.45, 7) is 5.02. The summed E-state index contributed by atoms with van der Waals surface area (Å²) in [5.41, 5.74) is 4.26. The highest BCUT2D eigenvalue weighted by atomic mass is 14.9. The first kappa shape index (κ1) is 14.2. The molecule has 0 aliphatic carbocycles. The van der Waals surface area contributed by atoms with E-state index in [-0.39, 0.29) is 6.04 Å². The van der Waals surface area contributed by atoms with Gasteiger partial charge in [0.25, 0.3) is 0 Å². The van der Waals surface area contributed by atoms with Gasteiger partial charge in [-0.1, -0.05) is 25.1 Å². The van der Waals surface area contributed by atoms with Gasteiger partial charge in [0.05, 0.1) is 17.3 Å². The SMILES string of the molecule is CCc1cccnc1CNC(C)c1ccc(C#N)cc1. The maximum atomic E-state index is 8.80. The molecule has 1 N–H and O–H groups in total. The van der Waals surface area contributed by atoms with E-state index in [2.05, 4.69) is 36.3 Å². The number of benzene rings is 1. The number of nitrogens with zero attached hydrogens (tertiary/aromatic N) is 2. The first-order valence-corrected chi connectivity index (χ1v) is 6.90. The van der Waals surface area contributed by atoms with Crippen molar-refractivity contribution in [2.24, 2.45) is 0 Å². The lowest BCUT2D eigenvalue weighted by molar-refractivity contribution is 0.565. The summed E-state index contributed by atoms with van der Waals surface area (Å²) in [7, 11) is 0. The van der Waals surface area contributed by atoms with Gasteiger partial charge in [0.15, 0.2) is 0 Å². The number of hydrogen-bond donors (Lipinski definition) is 1. The van der Waals surface area contributed by atoms with E-state index in [1.807, 2.05) is 36.5 Å². The molecule has 0 bridgehead atoms. The minimum absolute atomic E-state index is 0.231. The van der Waals surface area contributed by atoms with E-state index >= 15 is 0 Å². The van der Waals surface area contributed by atoms with Crippen LogP contribution in [0.2, 0.25) is 0 Å². The van der Waals surface area contributed by atoms with Crippen LogP contribution in [-0.2, 0) is 13.0 Å². The van der Waals surface area contributed by atoms with Gasteiger partial charge in [-0.05, 0) is 42.7 Å². The molecule has 1 aromatic heterocycles. The monoisotopic (exact) mass is 265 g/mol. The summed E-state index contributed by atoms with van der Waals surface area (Å²) in [4.78, 5) is 4.44. The van der Waals surface area contributed by atoms with E-state index in [1.165, 1.54) is 11.1 Å². The van der Waals surface area contributed by atoms with Crippen LogP contribution in [-0.4, -0.2) is 4.98 Å². The van der Waals surface area contributed by atoms with Gasteiger partial charge < -0.3 is 5.32 Å². The fourth-order valence-corrected chi connectivity index (χ4v) is 2.17. The van der Waals surface area contributed by atoms with Crippen molar-refractivity contribution in [3.05, 3.63) is 65.0 Å². The lowest BCUT2D eigenvalue weighted by atomic mass is 10.1. The van der Waals surface area contributed by atoms with Gasteiger partial charge in [-0.3, -0.25) is 4.98 Å². The minimum atomic E-state index is 0.231. The van der Waals surface area contributed by atoms with Crippen LogP contribution in [0.1, 0.15) is 42.3 Å². The summed E-state index contributed by atoms with van der Waals surface area (Å²) in [5.74, 6) is 0. The van der Waals surface area contributed by atoms with Gasteiger partial charge in [0.2, 0.25) is 0 Å². The van der Waals surface area contributed by atoms with Crippen molar-refractivity contribution in [2.45, 2.75) is 32.9 Å². The topological polar surface area (TPSA) is 48.7 Å². The molecule has 0 fully saturated rings. The van der Waals surface area contributed by atoms with Gasteiger partial charge in [-0.2, -0.15) is 5.26 Å². The molecule has 0 radical (unpaired) electrons. The predicted octanol–water partition coefficient (Wildman–Crippen LogP) is 3.37. The summed E-state index contributed by atoms with van der Waals surface area (Å²) >= 11 is 0. The van der Waals surface area contributed by atoms with E-state index in [0.29, 0.717) is 5.56 Å². The molecule has 0 saturated heterocycles. The molecule has 3 heteroatoms.